The van der Waals surface area contributed by atoms with Crippen LogP contribution in [0.4, 0.5) is 5.69 Å². The largest absolute Gasteiger partial charge is 0.429 e. The number of hydrogen-bond donors (Lipinski definition) is 0. The third-order valence-corrected chi connectivity index (χ3v) is 6.80. The Labute approximate surface area is 243 Å². The molecule has 0 radical (unpaired) electrons. The first kappa shape index (κ1) is 29.1. The van der Waals surface area contributed by atoms with Gasteiger partial charge in [0.25, 0.3) is 5.69 Å². The number of benzene rings is 4. The van der Waals surface area contributed by atoms with Crippen molar-refractivity contribution >= 4 is 11.7 Å². The molecule has 4 aromatic carbocycles. The van der Waals surface area contributed by atoms with Crippen molar-refractivity contribution in [2.24, 2.45) is 0 Å². The van der Waals surface area contributed by atoms with Gasteiger partial charge >= 0.3 is 5.97 Å². The third kappa shape index (κ3) is 7.86. The minimum absolute atomic E-state index is 0.0930. The van der Waals surface area contributed by atoms with Gasteiger partial charge in [0.15, 0.2) is 0 Å². The second-order valence-corrected chi connectivity index (χ2v) is 9.77. The molecule has 9 nitrogen and oxygen atoms in total. The fourth-order valence-corrected chi connectivity index (χ4v) is 4.57. The summed E-state index contributed by atoms with van der Waals surface area (Å²) in [5.74, 6) is -0.700. The Balaban J connectivity index is 1.38. The van der Waals surface area contributed by atoms with E-state index in [1.807, 2.05) is 91.0 Å². The maximum Gasteiger partial charge on any atom is 0.340 e. The molecule has 1 fully saturated rings. The molecule has 1 heterocycles. The molecule has 1 saturated heterocycles. The van der Waals surface area contributed by atoms with E-state index in [0.29, 0.717) is 6.61 Å². The first-order valence-corrected chi connectivity index (χ1v) is 13.6. The van der Waals surface area contributed by atoms with Crippen LogP contribution < -0.4 is 0 Å². The van der Waals surface area contributed by atoms with Crippen LogP contribution in [0.25, 0.3) is 0 Å². The molecule has 0 saturated carbocycles. The first-order chi connectivity index (χ1) is 20.6. The lowest BCUT2D eigenvalue weighted by Gasteiger charge is -2.41. The Bertz CT molecular complexity index is 1420. The van der Waals surface area contributed by atoms with Gasteiger partial charge in [0.05, 0.1) is 36.9 Å². The summed E-state index contributed by atoms with van der Waals surface area (Å²) in [5, 5.41) is 11.0. The molecule has 1 aliphatic heterocycles. The van der Waals surface area contributed by atoms with E-state index in [4.69, 9.17) is 23.7 Å². The molecule has 216 valence electrons. The van der Waals surface area contributed by atoms with Crippen LogP contribution in [0.1, 0.15) is 27.0 Å². The lowest BCUT2D eigenvalue weighted by molar-refractivity contribution is -0.384. The molecule has 0 bridgehead atoms. The van der Waals surface area contributed by atoms with Crippen molar-refractivity contribution in [1.82, 2.24) is 0 Å². The summed E-state index contributed by atoms with van der Waals surface area (Å²) >= 11 is 0. The molecule has 0 amide bonds. The highest BCUT2D eigenvalue weighted by atomic mass is 16.7. The van der Waals surface area contributed by atoms with E-state index in [2.05, 4.69) is 0 Å². The molecule has 4 atom stereocenters. The van der Waals surface area contributed by atoms with Crippen molar-refractivity contribution in [3.63, 3.8) is 0 Å². The van der Waals surface area contributed by atoms with Gasteiger partial charge in [-0.3, -0.25) is 10.1 Å². The Morgan fingerprint density at radius 2 is 1.17 bits per heavy atom. The molecule has 0 spiro atoms. The van der Waals surface area contributed by atoms with Crippen LogP contribution in [0.5, 0.6) is 0 Å². The maximum absolute atomic E-state index is 13.1. The molecule has 4 unspecified atom stereocenters. The number of hydrogen-bond acceptors (Lipinski definition) is 8. The van der Waals surface area contributed by atoms with Gasteiger partial charge < -0.3 is 23.7 Å². The van der Waals surface area contributed by atoms with Gasteiger partial charge in [0.1, 0.15) is 18.3 Å². The Morgan fingerprint density at radius 3 is 1.67 bits per heavy atom. The standard InChI is InChI=1S/C33H31NO8/c35-32(27-16-18-28(19-17-27)34(36)37)42-33-31(40-22-26-14-8-3-9-15-26)30(39-21-25-12-6-2-7-13-25)29(23-41-33)38-20-24-10-4-1-5-11-24/h1-19,29-31,33H,20-23H2. The fourth-order valence-electron chi connectivity index (χ4n) is 4.57. The topological polar surface area (TPSA) is 106 Å². The van der Waals surface area contributed by atoms with Crippen LogP contribution >= 0.6 is 0 Å². The van der Waals surface area contributed by atoms with Crippen LogP contribution in [0.2, 0.25) is 0 Å². The van der Waals surface area contributed by atoms with Gasteiger partial charge in [-0.2, -0.15) is 0 Å². The van der Waals surface area contributed by atoms with Crippen molar-refractivity contribution < 1.29 is 33.4 Å². The SMILES string of the molecule is O=C(OC1OCC(OCc2ccccc2)C(OCc2ccccc2)C1OCc1ccccc1)c1ccc([N+](=O)[O-])cc1. The van der Waals surface area contributed by atoms with Crippen molar-refractivity contribution in [2.45, 2.75) is 44.4 Å². The second kappa shape index (κ2) is 14.5. The number of carbonyl (C=O) groups is 1. The highest BCUT2D eigenvalue weighted by Gasteiger charge is 2.45. The molecule has 0 N–H and O–H groups in total. The summed E-state index contributed by atoms with van der Waals surface area (Å²) in [6, 6.07) is 34.3. The predicted molar refractivity (Wildman–Crippen MR) is 153 cm³/mol. The molecule has 0 aliphatic carbocycles. The Kier molecular flexibility index (Phi) is 10.0. The van der Waals surface area contributed by atoms with E-state index in [9.17, 15) is 14.9 Å². The Morgan fingerprint density at radius 1 is 0.690 bits per heavy atom. The number of nitro benzene ring substituents is 1. The number of carbonyl (C=O) groups excluding carboxylic acids is 1. The van der Waals surface area contributed by atoms with Gasteiger partial charge in [-0.05, 0) is 28.8 Å². The molecule has 5 rings (SSSR count). The zero-order chi connectivity index (χ0) is 29.1. The summed E-state index contributed by atoms with van der Waals surface area (Å²) in [6.07, 6.45) is -3.13. The summed E-state index contributed by atoms with van der Waals surface area (Å²) in [6.45, 7) is 0.927. The maximum atomic E-state index is 13.1. The minimum Gasteiger partial charge on any atom is -0.429 e. The van der Waals surface area contributed by atoms with E-state index >= 15 is 0 Å². The average Bonchev–Trinajstić information content (AvgIpc) is 3.04. The lowest BCUT2D eigenvalue weighted by Crippen LogP contribution is -2.57. The molecule has 1 aliphatic rings. The summed E-state index contributed by atoms with van der Waals surface area (Å²) in [4.78, 5) is 23.6. The Hall–Kier alpha value is -4.41. The number of esters is 1. The van der Waals surface area contributed by atoms with Gasteiger partial charge in [0, 0.05) is 12.1 Å². The van der Waals surface area contributed by atoms with Gasteiger partial charge in [-0.1, -0.05) is 91.0 Å². The smallest absolute Gasteiger partial charge is 0.340 e. The van der Waals surface area contributed by atoms with Crippen LogP contribution in [-0.4, -0.2) is 42.1 Å². The number of nitrogens with zero attached hydrogens (tertiary/aromatic N) is 1. The normalized spacial score (nSPS) is 20.1. The predicted octanol–water partition coefficient (Wildman–Crippen LogP) is 5.86. The van der Waals surface area contributed by atoms with E-state index in [0.717, 1.165) is 16.7 Å². The quantitative estimate of drug-likeness (QED) is 0.119. The summed E-state index contributed by atoms with van der Waals surface area (Å²) in [7, 11) is 0. The zero-order valence-electron chi connectivity index (χ0n) is 22.8. The van der Waals surface area contributed by atoms with E-state index in [1.54, 1.807) is 0 Å². The monoisotopic (exact) mass is 569 g/mol. The van der Waals surface area contributed by atoms with Crippen molar-refractivity contribution in [1.29, 1.82) is 0 Å². The second-order valence-electron chi connectivity index (χ2n) is 9.77. The molecular weight excluding hydrogens is 538 g/mol. The number of rotatable bonds is 12. The molecule has 42 heavy (non-hydrogen) atoms. The highest BCUT2D eigenvalue weighted by Crippen LogP contribution is 2.28. The van der Waals surface area contributed by atoms with E-state index in [-0.39, 0.29) is 31.1 Å². The van der Waals surface area contributed by atoms with Crippen LogP contribution in [0.15, 0.2) is 115 Å². The van der Waals surface area contributed by atoms with Gasteiger partial charge in [-0.15, -0.1) is 0 Å². The van der Waals surface area contributed by atoms with E-state index < -0.39 is 35.5 Å². The summed E-state index contributed by atoms with van der Waals surface area (Å²) < 4.78 is 30.9. The molecule has 0 aromatic heterocycles. The third-order valence-electron chi connectivity index (χ3n) is 6.80. The van der Waals surface area contributed by atoms with Crippen molar-refractivity contribution in [2.75, 3.05) is 6.61 Å². The lowest BCUT2D eigenvalue weighted by atomic mass is 10.0. The van der Waals surface area contributed by atoms with Gasteiger partial charge in [-0.25, -0.2) is 4.79 Å². The van der Waals surface area contributed by atoms with Crippen LogP contribution in [-0.2, 0) is 43.5 Å². The zero-order valence-corrected chi connectivity index (χ0v) is 22.8. The first-order valence-electron chi connectivity index (χ1n) is 13.6. The number of nitro groups is 1. The molecule has 4 aromatic rings. The van der Waals surface area contributed by atoms with Crippen LogP contribution in [0, 0.1) is 10.1 Å². The molecular formula is C33H31NO8. The fraction of sp³-hybridized carbons (Fsp3) is 0.242. The van der Waals surface area contributed by atoms with E-state index in [1.165, 1.54) is 24.3 Å². The minimum atomic E-state index is -1.12. The number of non-ortho nitro benzene ring substituents is 1. The summed E-state index contributed by atoms with van der Waals surface area (Å²) in [5.41, 5.74) is 2.90. The van der Waals surface area contributed by atoms with Crippen LogP contribution in [0.3, 0.4) is 0 Å². The molecule has 9 heteroatoms. The highest BCUT2D eigenvalue weighted by molar-refractivity contribution is 5.89. The number of ether oxygens (including phenoxy) is 5. The van der Waals surface area contributed by atoms with Crippen molar-refractivity contribution in [3.05, 3.63) is 148 Å². The van der Waals surface area contributed by atoms with Crippen molar-refractivity contribution in [3.8, 4) is 0 Å². The average molecular weight is 570 g/mol. The van der Waals surface area contributed by atoms with Gasteiger partial charge in [0.2, 0.25) is 6.29 Å².